The summed E-state index contributed by atoms with van der Waals surface area (Å²) in [5, 5.41) is 22.9. The van der Waals surface area contributed by atoms with E-state index in [2.05, 4.69) is 10.6 Å². The van der Waals surface area contributed by atoms with Crippen molar-refractivity contribution in [2.24, 2.45) is 0 Å². The third-order valence-corrected chi connectivity index (χ3v) is 9.74. The fourth-order valence-electron chi connectivity index (χ4n) is 4.32. The van der Waals surface area contributed by atoms with Crippen LogP contribution in [0.2, 0.25) is 10.0 Å². The first-order valence-electron chi connectivity index (χ1n) is 13.9. The van der Waals surface area contributed by atoms with E-state index in [1.54, 1.807) is 31.2 Å². The number of nitrogens with one attached hydrogen (secondary N) is 2. The minimum atomic E-state index is -4.25. The van der Waals surface area contributed by atoms with Crippen molar-refractivity contribution in [1.29, 1.82) is 5.26 Å². The number of sulfonamides is 1. The summed E-state index contributed by atoms with van der Waals surface area (Å²) in [6.07, 6.45) is -0.553. The van der Waals surface area contributed by atoms with Gasteiger partial charge in [0, 0.05) is 31.2 Å². The molecule has 0 saturated heterocycles. The monoisotopic (exact) mass is 673 g/mol. The number of halogens is 2. The van der Waals surface area contributed by atoms with Crippen molar-refractivity contribution in [3.8, 4) is 6.07 Å². The predicted molar refractivity (Wildman–Crippen MR) is 170 cm³/mol. The molecule has 0 radical (unpaired) electrons. The number of hydrogen-bond acceptors (Lipinski definition) is 6. The number of carbonyl (C=O) groups is 3. The standard InChI is InChI=1S/C31H33Cl2N5O6S/c1-22-26(32)12-13-27(30(22)33)45(43,44)38(17-14-23-6-3-2-4-7-23)21-28(39)36-19-29(40)37(16-5-15-35-31(41)42)20-25-10-8-24(18-34)9-11-25/h2-4,6-13,35H,5,14-17,19-21H2,1H3,(H,36,39)(H,41,42). The molecule has 238 valence electrons. The van der Waals surface area contributed by atoms with Crippen LogP contribution in [0.25, 0.3) is 0 Å². The van der Waals surface area contributed by atoms with Gasteiger partial charge in [-0.25, -0.2) is 13.2 Å². The number of carboxylic acid groups (broad SMARTS) is 1. The van der Waals surface area contributed by atoms with Crippen molar-refractivity contribution < 1.29 is 27.9 Å². The van der Waals surface area contributed by atoms with Gasteiger partial charge < -0.3 is 20.6 Å². The second kappa shape index (κ2) is 16.8. The molecule has 3 amide bonds. The Bertz CT molecular complexity index is 1650. The quantitative estimate of drug-likeness (QED) is 0.204. The molecule has 0 saturated carbocycles. The van der Waals surface area contributed by atoms with E-state index in [4.69, 9.17) is 33.6 Å². The first-order chi connectivity index (χ1) is 21.4. The van der Waals surface area contributed by atoms with Gasteiger partial charge in [0.05, 0.1) is 29.7 Å². The predicted octanol–water partition coefficient (Wildman–Crippen LogP) is 4.21. The Morgan fingerprint density at radius 3 is 2.27 bits per heavy atom. The topological polar surface area (TPSA) is 160 Å². The van der Waals surface area contributed by atoms with Crippen molar-refractivity contribution in [1.82, 2.24) is 19.8 Å². The average Bonchev–Trinajstić information content (AvgIpc) is 3.02. The largest absolute Gasteiger partial charge is 0.465 e. The molecule has 3 aromatic rings. The van der Waals surface area contributed by atoms with Gasteiger partial charge in [-0.2, -0.15) is 9.57 Å². The van der Waals surface area contributed by atoms with E-state index in [1.807, 2.05) is 36.4 Å². The third-order valence-electron chi connectivity index (χ3n) is 6.84. The van der Waals surface area contributed by atoms with Crippen molar-refractivity contribution in [2.45, 2.75) is 31.2 Å². The zero-order valence-electron chi connectivity index (χ0n) is 24.5. The number of hydrogen-bond donors (Lipinski definition) is 3. The molecule has 11 nitrogen and oxygen atoms in total. The fourth-order valence-corrected chi connectivity index (χ4v) is 6.50. The van der Waals surface area contributed by atoms with Gasteiger partial charge in [-0.05, 0) is 60.7 Å². The SMILES string of the molecule is Cc1c(Cl)ccc(S(=O)(=O)N(CCc2ccccc2)CC(=O)NCC(=O)N(CCCNC(=O)O)Cc2ccc(C#N)cc2)c1Cl. The molecule has 0 bridgehead atoms. The minimum absolute atomic E-state index is 0.0346. The van der Waals surface area contributed by atoms with E-state index < -0.39 is 41.0 Å². The summed E-state index contributed by atoms with van der Waals surface area (Å²) in [7, 11) is -4.25. The van der Waals surface area contributed by atoms with Crippen LogP contribution >= 0.6 is 23.2 Å². The average molecular weight is 675 g/mol. The van der Waals surface area contributed by atoms with Crippen LogP contribution in [0.5, 0.6) is 0 Å². The van der Waals surface area contributed by atoms with Gasteiger partial charge in [-0.15, -0.1) is 0 Å². The summed E-state index contributed by atoms with van der Waals surface area (Å²) in [4.78, 5) is 38.4. The molecule has 0 atom stereocenters. The Labute approximate surface area is 272 Å². The lowest BCUT2D eigenvalue weighted by atomic mass is 10.1. The normalized spacial score (nSPS) is 11.1. The lowest BCUT2D eigenvalue weighted by Gasteiger charge is -2.25. The molecule has 3 rings (SSSR count). The Balaban J connectivity index is 1.74. The highest BCUT2D eigenvalue weighted by atomic mass is 35.5. The Morgan fingerprint density at radius 2 is 1.62 bits per heavy atom. The zero-order chi connectivity index (χ0) is 33.0. The molecule has 0 aliphatic carbocycles. The van der Waals surface area contributed by atoms with E-state index in [1.165, 1.54) is 17.0 Å². The van der Waals surface area contributed by atoms with E-state index in [9.17, 15) is 22.8 Å². The van der Waals surface area contributed by atoms with Crippen molar-refractivity contribution in [3.63, 3.8) is 0 Å². The summed E-state index contributed by atoms with van der Waals surface area (Å²) >= 11 is 12.5. The van der Waals surface area contributed by atoms with Gasteiger partial charge in [-0.1, -0.05) is 65.7 Å². The van der Waals surface area contributed by atoms with Gasteiger partial charge >= 0.3 is 6.09 Å². The van der Waals surface area contributed by atoms with Crippen LogP contribution in [0.4, 0.5) is 4.79 Å². The van der Waals surface area contributed by atoms with Crippen LogP contribution in [0, 0.1) is 18.3 Å². The number of nitriles is 1. The molecule has 45 heavy (non-hydrogen) atoms. The van der Waals surface area contributed by atoms with E-state index >= 15 is 0 Å². The first-order valence-corrected chi connectivity index (χ1v) is 16.1. The highest BCUT2D eigenvalue weighted by Gasteiger charge is 2.30. The minimum Gasteiger partial charge on any atom is -0.465 e. The Morgan fingerprint density at radius 1 is 0.933 bits per heavy atom. The number of amides is 3. The smallest absolute Gasteiger partial charge is 0.404 e. The van der Waals surface area contributed by atoms with Crippen LogP contribution in [-0.2, 0) is 32.6 Å². The van der Waals surface area contributed by atoms with Crippen LogP contribution in [-0.4, -0.2) is 73.4 Å². The number of nitrogens with zero attached hydrogens (tertiary/aromatic N) is 3. The third kappa shape index (κ3) is 10.5. The van der Waals surface area contributed by atoms with Crippen molar-refractivity contribution >= 4 is 51.1 Å². The molecule has 0 aliphatic heterocycles. The van der Waals surface area contributed by atoms with Crippen LogP contribution in [0.3, 0.4) is 0 Å². The van der Waals surface area contributed by atoms with Crippen molar-refractivity contribution in [2.75, 3.05) is 32.7 Å². The maximum Gasteiger partial charge on any atom is 0.404 e. The van der Waals surface area contributed by atoms with Crippen molar-refractivity contribution in [3.05, 3.63) is 99.0 Å². The highest BCUT2D eigenvalue weighted by Crippen LogP contribution is 2.32. The Hall–Kier alpha value is -4.15. The molecular formula is C31H33Cl2N5O6S. The molecule has 3 aromatic carbocycles. The molecule has 0 fully saturated rings. The van der Waals surface area contributed by atoms with Gasteiger partial charge in [0.25, 0.3) is 0 Å². The molecule has 0 heterocycles. The highest BCUT2D eigenvalue weighted by molar-refractivity contribution is 7.89. The van der Waals surface area contributed by atoms with Crippen LogP contribution in [0.15, 0.2) is 71.6 Å². The van der Waals surface area contributed by atoms with E-state index in [0.29, 0.717) is 29.0 Å². The molecule has 14 heteroatoms. The maximum atomic E-state index is 13.7. The molecule has 0 aromatic heterocycles. The zero-order valence-corrected chi connectivity index (χ0v) is 26.8. The first kappa shape index (κ1) is 35.3. The van der Waals surface area contributed by atoms with Crippen LogP contribution in [0.1, 0.15) is 28.7 Å². The van der Waals surface area contributed by atoms with E-state index in [-0.39, 0.29) is 36.1 Å². The molecular weight excluding hydrogens is 641 g/mol. The second-order valence-electron chi connectivity index (χ2n) is 10.0. The fraction of sp³-hybridized carbons (Fsp3) is 0.290. The summed E-state index contributed by atoms with van der Waals surface area (Å²) in [5.41, 5.74) is 2.44. The van der Waals surface area contributed by atoms with Gasteiger partial charge in [0.1, 0.15) is 4.90 Å². The van der Waals surface area contributed by atoms with Gasteiger partial charge in [-0.3, -0.25) is 9.59 Å². The number of benzene rings is 3. The molecule has 3 N–H and O–H groups in total. The summed E-state index contributed by atoms with van der Waals surface area (Å²) in [6.45, 7) is 1.01. The molecule has 0 aliphatic rings. The molecule has 0 unspecified atom stereocenters. The maximum absolute atomic E-state index is 13.7. The van der Waals surface area contributed by atoms with Crippen LogP contribution < -0.4 is 10.6 Å². The lowest BCUT2D eigenvalue weighted by Crippen LogP contribution is -2.45. The van der Waals surface area contributed by atoms with E-state index in [0.717, 1.165) is 15.4 Å². The number of carbonyl (C=O) groups excluding carboxylic acids is 2. The molecule has 0 spiro atoms. The van der Waals surface area contributed by atoms with Gasteiger partial charge in [0.15, 0.2) is 0 Å². The summed E-state index contributed by atoms with van der Waals surface area (Å²) < 4.78 is 28.5. The summed E-state index contributed by atoms with van der Waals surface area (Å²) in [6, 6.07) is 20.6. The number of rotatable bonds is 15. The van der Waals surface area contributed by atoms with Gasteiger partial charge in [0.2, 0.25) is 21.8 Å². The second-order valence-corrected chi connectivity index (χ2v) is 12.7. The summed E-state index contributed by atoms with van der Waals surface area (Å²) in [5.74, 6) is -1.16. The lowest BCUT2D eigenvalue weighted by molar-refractivity contribution is -0.133. The Kier molecular flexibility index (Phi) is 13.2.